The summed E-state index contributed by atoms with van der Waals surface area (Å²) >= 11 is 0. The zero-order valence-electron chi connectivity index (χ0n) is 10.9. The van der Waals surface area contributed by atoms with Crippen molar-refractivity contribution in [3.63, 3.8) is 0 Å². The number of nitrogens with one attached hydrogen (secondary N) is 1. The largest absolute Gasteiger partial charge is 0.339 e. The van der Waals surface area contributed by atoms with E-state index in [1.165, 1.54) is 0 Å². The van der Waals surface area contributed by atoms with Gasteiger partial charge in [0.2, 0.25) is 0 Å². The van der Waals surface area contributed by atoms with Crippen LogP contribution in [0.5, 0.6) is 0 Å². The number of nitrogens with zero attached hydrogens (tertiary/aromatic N) is 5. The smallest absolute Gasteiger partial charge is 0.154 e. The van der Waals surface area contributed by atoms with E-state index in [-0.39, 0.29) is 0 Å². The van der Waals surface area contributed by atoms with Crippen LogP contribution in [0.2, 0.25) is 0 Å². The number of hydrogen-bond donors (Lipinski definition) is 1. The Balaban J connectivity index is 1.68. The average Bonchev–Trinajstić information content (AvgIpc) is 3.02. The van der Waals surface area contributed by atoms with Gasteiger partial charge in [-0.15, -0.1) is 0 Å². The molecule has 20 heavy (non-hydrogen) atoms. The first-order chi connectivity index (χ1) is 9.79. The molecule has 0 radical (unpaired) electrons. The number of rotatable bonds is 1. The highest BCUT2D eigenvalue weighted by atomic mass is 15.2. The van der Waals surface area contributed by atoms with Crippen LogP contribution in [0, 0.1) is 0 Å². The van der Waals surface area contributed by atoms with E-state index >= 15 is 0 Å². The monoisotopic (exact) mass is 264 g/mol. The van der Waals surface area contributed by atoms with Gasteiger partial charge in [0.05, 0.1) is 17.8 Å². The highest BCUT2D eigenvalue weighted by Gasteiger charge is 2.18. The molecular weight excluding hydrogens is 252 g/mol. The molecule has 98 valence electrons. The minimum atomic E-state index is 0.584. The van der Waals surface area contributed by atoms with Crippen molar-refractivity contribution < 1.29 is 0 Å². The van der Waals surface area contributed by atoms with Crippen LogP contribution >= 0.6 is 0 Å². The highest BCUT2D eigenvalue weighted by Crippen LogP contribution is 2.20. The molecule has 6 heteroatoms. The molecule has 1 aromatic carbocycles. The summed E-state index contributed by atoms with van der Waals surface area (Å²) in [4.78, 5) is 13.0. The van der Waals surface area contributed by atoms with E-state index in [1.54, 1.807) is 12.4 Å². The molecule has 3 heterocycles. The number of aromatic nitrogens is 4. The summed E-state index contributed by atoms with van der Waals surface area (Å²) in [6.45, 7) is 0.584. The molecule has 0 atom stereocenters. The second-order valence-corrected chi connectivity index (χ2v) is 4.72. The normalized spacial score (nSPS) is 13.3. The number of fused-ring (bicyclic) bond motifs is 2. The van der Waals surface area contributed by atoms with Gasteiger partial charge in [-0.3, -0.25) is 14.7 Å². The molecule has 0 saturated carbocycles. The molecule has 1 aliphatic heterocycles. The van der Waals surface area contributed by atoms with Gasteiger partial charge in [0.25, 0.3) is 0 Å². The van der Waals surface area contributed by atoms with E-state index < -0.39 is 0 Å². The van der Waals surface area contributed by atoms with Gasteiger partial charge < -0.3 is 5.32 Å². The Hall–Kier alpha value is -2.76. The van der Waals surface area contributed by atoms with E-state index in [0.29, 0.717) is 6.54 Å². The third kappa shape index (κ3) is 1.73. The van der Waals surface area contributed by atoms with Crippen molar-refractivity contribution in [2.45, 2.75) is 6.54 Å². The first kappa shape index (κ1) is 11.1. The number of amidine groups is 1. The molecule has 0 unspecified atom stereocenters. The molecule has 1 aliphatic rings. The van der Waals surface area contributed by atoms with Gasteiger partial charge in [-0.25, -0.2) is 4.98 Å². The quantitative estimate of drug-likeness (QED) is 0.727. The minimum absolute atomic E-state index is 0.584. The Morgan fingerprint density at radius 3 is 3.05 bits per heavy atom. The summed E-state index contributed by atoms with van der Waals surface area (Å²) < 4.78 is 1.81. The fourth-order valence-electron chi connectivity index (χ4n) is 2.37. The van der Waals surface area contributed by atoms with Gasteiger partial charge in [0, 0.05) is 36.7 Å². The molecule has 0 amide bonds. The summed E-state index contributed by atoms with van der Waals surface area (Å²) in [6, 6.07) is 6.04. The van der Waals surface area contributed by atoms with Crippen LogP contribution in [0.1, 0.15) is 11.4 Å². The van der Waals surface area contributed by atoms with E-state index in [9.17, 15) is 0 Å². The average molecular weight is 264 g/mol. The Morgan fingerprint density at radius 2 is 2.10 bits per heavy atom. The molecule has 4 rings (SSSR count). The summed E-state index contributed by atoms with van der Waals surface area (Å²) in [5, 5.41) is 8.76. The van der Waals surface area contributed by atoms with Crippen LogP contribution in [0.3, 0.4) is 0 Å². The molecule has 2 aromatic heterocycles. The van der Waals surface area contributed by atoms with Crippen LogP contribution < -0.4 is 5.32 Å². The van der Waals surface area contributed by atoms with Crippen molar-refractivity contribution in [3.8, 4) is 0 Å². The van der Waals surface area contributed by atoms with Gasteiger partial charge in [-0.2, -0.15) is 5.10 Å². The lowest BCUT2D eigenvalue weighted by Gasteiger charge is -2.06. The second kappa shape index (κ2) is 4.12. The molecule has 3 aromatic rings. The first-order valence-corrected chi connectivity index (χ1v) is 6.35. The number of hydrogen-bond acceptors (Lipinski definition) is 5. The predicted molar refractivity (Wildman–Crippen MR) is 76.6 cm³/mol. The Morgan fingerprint density at radius 1 is 1.20 bits per heavy atom. The van der Waals surface area contributed by atoms with Crippen molar-refractivity contribution in [1.29, 1.82) is 0 Å². The van der Waals surface area contributed by atoms with Crippen molar-refractivity contribution in [3.05, 3.63) is 48.2 Å². The highest BCUT2D eigenvalue weighted by molar-refractivity contribution is 6.09. The van der Waals surface area contributed by atoms with Crippen LogP contribution in [0.15, 0.2) is 41.8 Å². The zero-order valence-corrected chi connectivity index (χ0v) is 10.9. The maximum atomic E-state index is 4.44. The Bertz CT molecular complexity index is 833. The maximum Gasteiger partial charge on any atom is 0.154 e. The lowest BCUT2D eigenvalue weighted by Crippen LogP contribution is -2.13. The van der Waals surface area contributed by atoms with E-state index in [4.69, 9.17) is 0 Å². The van der Waals surface area contributed by atoms with Crippen molar-refractivity contribution >= 4 is 22.4 Å². The van der Waals surface area contributed by atoms with Crippen molar-refractivity contribution in [2.24, 2.45) is 12.0 Å². The summed E-state index contributed by atoms with van der Waals surface area (Å²) in [7, 11) is 1.92. The number of benzene rings is 1. The summed E-state index contributed by atoms with van der Waals surface area (Å²) in [6.07, 6.45) is 5.37. The fraction of sp³-hybridized carbons (Fsp3) is 0.143. The lowest BCUT2D eigenvalue weighted by molar-refractivity contribution is 0.780. The van der Waals surface area contributed by atoms with E-state index in [2.05, 4.69) is 31.4 Å². The lowest BCUT2D eigenvalue weighted by atomic mass is 10.2. The van der Waals surface area contributed by atoms with E-state index in [0.717, 1.165) is 33.8 Å². The molecular formula is C14H12N6. The molecule has 0 aliphatic carbocycles. The fourth-order valence-corrected chi connectivity index (χ4v) is 2.37. The predicted octanol–water partition coefficient (Wildman–Crippen LogP) is 1.74. The van der Waals surface area contributed by atoms with Crippen LogP contribution in [-0.2, 0) is 13.6 Å². The van der Waals surface area contributed by atoms with Gasteiger partial charge in [-0.1, -0.05) is 0 Å². The third-order valence-electron chi connectivity index (χ3n) is 3.27. The summed E-state index contributed by atoms with van der Waals surface area (Å²) in [5.41, 5.74) is 3.70. The number of aliphatic imine (C=N–C) groups is 1. The molecule has 0 saturated heterocycles. The standard InChI is InChI=1S/C14H12N6/c1-20-8-9-6-10(2-3-11(9)19-20)18-14-13-12(7-17-14)15-4-5-16-13/h2-6,8H,7H2,1H3,(H,17,18). The molecule has 0 bridgehead atoms. The molecule has 0 spiro atoms. The molecule has 0 fully saturated rings. The van der Waals surface area contributed by atoms with Crippen LogP contribution in [0.4, 0.5) is 5.69 Å². The minimum Gasteiger partial charge on any atom is -0.339 e. The second-order valence-electron chi connectivity index (χ2n) is 4.72. The number of aryl methyl sites for hydroxylation is 1. The van der Waals surface area contributed by atoms with Gasteiger partial charge in [-0.05, 0) is 18.2 Å². The van der Waals surface area contributed by atoms with E-state index in [1.807, 2.05) is 30.1 Å². The Kier molecular flexibility index (Phi) is 2.29. The topological polar surface area (TPSA) is 68.0 Å². The van der Waals surface area contributed by atoms with Gasteiger partial charge >= 0.3 is 0 Å². The zero-order chi connectivity index (χ0) is 13.5. The first-order valence-electron chi connectivity index (χ1n) is 6.35. The molecule has 6 nitrogen and oxygen atoms in total. The van der Waals surface area contributed by atoms with Gasteiger partial charge in [0.15, 0.2) is 5.84 Å². The van der Waals surface area contributed by atoms with Gasteiger partial charge in [0.1, 0.15) is 5.69 Å². The van der Waals surface area contributed by atoms with Crippen LogP contribution in [-0.4, -0.2) is 25.6 Å². The van der Waals surface area contributed by atoms with Crippen molar-refractivity contribution in [1.82, 2.24) is 19.7 Å². The van der Waals surface area contributed by atoms with Crippen LogP contribution in [0.25, 0.3) is 10.9 Å². The third-order valence-corrected chi connectivity index (χ3v) is 3.27. The SMILES string of the molecule is Cn1cc2cc(NC3=NCc4nccnc43)ccc2n1. The van der Waals surface area contributed by atoms with Crippen molar-refractivity contribution in [2.75, 3.05) is 5.32 Å². The Labute approximate surface area is 115 Å². The number of anilines is 1. The maximum absolute atomic E-state index is 4.44. The molecule has 1 N–H and O–H groups in total. The summed E-state index contributed by atoms with van der Waals surface area (Å²) in [5.74, 6) is 0.774.